The number of rotatable bonds is 2. The van der Waals surface area contributed by atoms with Crippen LogP contribution in [-0.2, 0) is 0 Å². The summed E-state index contributed by atoms with van der Waals surface area (Å²) >= 11 is 3.23. The summed E-state index contributed by atoms with van der Waals surface area (Å²) in [6.45, 7) is 1.82. The van der Waals surface area contributed by atoms with E-state index >= 15 is 0 Å². The molecule has 0 aliphatic heterocycles. The van der Waals surface area contributed by atoms with Gasteiger partial charge in [0.1, 0.15) is 4.60 Å². The number of nitrogens with two attached hydrogens (primary N) is 1. The Morgan fingerprint density at radius 3 is 2.67 bits per heavy atom. The highest BCUT2D eigenvalue weighted by Gasteiger charge is 2.07. The lowest BCUT2D eigenvalue weighted by Crippen LogP contribution is -2.11. The third kappa shape index (κ3) is 1.64. The molecular weight excluding hydrogens is 224 g/mol. The molecule has 12 heavy (non-hydrogen) atoms. The molecule has 0 saturated carbocycles. The van der Waals surface area contributed by atoms with E-state index in [4.69, 9.17) is 10.6 Å². The van der Waals surface area contributed by atoms with E-state index in [1.165, 1.54) is 7.11 Å². The number of hydrogen-bond acceptors (Lipinski definition) is 5. The van der Waals surface area contributed by atoms with E-state index in [1.807, 2.05) is 6.92 Å². The summed E-state index contributed by atoms with van der Waals surface area (Å²) in [5.41, 5.74) is 3.14. The van der Waals surface area contributed by atoms with E-state index in [2.05, 4.69) is 31.3 Å². The zero-order valence-electron chi connectivity index (χ0n) is 6.76. The van der Waals surface area contributed by atoms with Gasteiger partial charge in [0.15, 0.2) is 0 Å². The molecular formula is C6H9BrN4O. The molecule has 0 spiro atoms. The molecule has 0 aliphatic carbocycles. The van der Waals surface area contributed by atoms with Gasteiger partial charge in [-0.2, -0.15) is 0 Å². The van der Waals surface area contributed by atoms with Gasteiger partial charge in [0, 0.05) is 0 Å². The summed E-state index contributed by atoms with van der Waals surface area (Å²) in [7, 11) is 1.51. The van der Waals surface area contributed by atoms with Crippen molar-refractivity contribution in [3.8, 4) is 5.88 Å². The van der Waals surface area contributed by atoms with Gasteiger partial charge in [-0.1, -0.05) is 0 Å². The van der Waals surface area contributed by atoms with Crippen molar-refractivity contribution in [3.63, 3.8) is 0 Å². The molecule has 0 amide bonds. The predicted molar refractivity (Wildman–Crippen MR) is 48.8 cm³/mol. The Kier molecular flexibility index (Phi) is 2.83. The van der Waals surface area contributed by atoms with Crippen LogP contribution in [-0.4, -0.2) is 17.1 Å². The second-order valence-electron chi connectivity index (χ2n) is 2.10. The van der Waals surface area contributed by atoms with Crippen molar-refractivity contribution in [1.29, 1.82) is 0 Å². The normalized spacial score (nSPS) is 9.67. The number of aryl methyl sites for hydroxylation is 1. The smallest absolute Gasteiger partial charge is 0.258 e. The minimum absolute atomic E-state index is 0.387. The quantitative estimate of drug-likeness (QED) is 0.585. The molecule has 5 nitrogen and oxygen atoms in total. The number of methoxy groups -OCH3 is 1. The third-order valence-corrected chi connectivity index (χ3v) is 2.06. The van der Waals surface area contributed by atoms with E-state index in [9.17, 15) is 0 Å². The first-order valence-corrected chi connectivity index (χ1v) is 4.03. The highest BCUT2D eigenvalue weighted by atomic mass is 79.9. The molecule has 0 unspecified atom stereocenters. The fraction of sp³-hybridized carbons (Fsp3) is 0.333. The summed E-state index contributed by atoms with van der Waals surface area (Å²) < 4.78 is 5.58. The highest BCUT2D eigenvalue weighted by Crippen LogP contribution is 2.22. The van der Waals surface area contributed by atoms with Crippen molar-refractivity contribution in [2.45, 2.75) is 6.92 Å². The average molecular weight is 233 g/mol. The van der Waals surface area contributed by atoms with Crippen LogP contribution in [0.5, 0.6) is 5.88 Å². The van der Waals surface area contributed by atoms with E-state index < -0.39 is 0 Å². The maximum Gasteiger partial charge on any atom is 0.258 e. The Morgan fingerprint density at radius 2 is 2.17 bits per heavy atom. The molecule has 0 saturated heterocycles. The maximum absolute atomic E-state index is 5.19. The number of nitrogens with zero attached hydrogens (tertiary/aromatic N) is 2. The first kappa shape index (κ1) is 9.21. The molecule has 0 radical (unpaired) electrons. The van der Waals surface area contributed by atoms with Crippen LogP contribution in [0.1, 0.15) is 5.69 Å². The van der Waals surface area contributed by atoms with Gasteiger partial charge in [-0.15, -0.1) is 0 Å². The lowest BCUT2D eigenvalue weighted by atomic mass is 10.5. The van der Waals surface area contributed by atoms with Crippen molar-refractivity contribution in [1.82, 2.24) is 9.97 Å². The van der Waals surface area contributed by atoms with Crippen molar-refractivity contribution in [2.75, 3.05) is 12.5 Å². The molecule has 1 aromatic rings. The van der Waals surface area contributed by atoms with Gasteiger partial charge < -0.3 is 10.2 Å². The van der Waals surface area contributed by atoms with Crippen LogP contribution in [0, 0.1) is 6.92 Å². The minimum Gasteiger partial charge on any atom is -0.478 e. The van der Waals surface area contributed by atoms with Crippen molar-refractivity contribution in [3.05, 3.63) is 10.3 Å². The van der Waals surface area contributed by atoms with Crippen molar-refractivity contribution >= 4 is 21.7 Å². The van der Waals surface area contributed by atoms with Gasteiger partial charge >= 0.3 is 0 Å². The number of hydrazine groups is 1. The van der Waals surface area contributed by atoms with Crippen LogP contribution in [0.25, 0.3) is 0 Å². The number of nitrogen functional groups attached to an aromatic ring is 1. The van der Waals surface area contributed by atoms with E-state index in [0.717, 1.165) is 5.69 Å². The number of hydrogen-bond donors (Lipinski definition) is 2. The number of aromatic nitrogens is 2. The van der Waals surface area contributed by atoms with Crippen LogP contribution >= 0.6 is 15.9 Å². The molecule has 0 bridgehead atoms. The Bertz CT molecular complexity index is 262. The molecule has 6 heteroatoms. The molecule has 0 atom stereocenters. The number of anilines is 1. The lowest BCUT2D eigenvalue weighted by Gasteiger charge is -2.06. The lowest BCUT2D eigenvalue weighted by molar-refractivity contribution is 0.396. The van der Waals surface area contributed by atoms with Crippen LogP contribution in [0.4, 0.5) is 5.82 Å². The Labute approximate surface area is 78.4 Å². The molecule has 1 heterocycles. The van der Waals surface area contributed by atoms with Gasteiger partial charge in [-0.25, -0.2) is 15.8 Å². The summed E-state index contributed by atoms with van der Waals surface area (Å²) in [5.74, 6) is 5.99. The largest absolute Gasteiger partial charge is 0.478 e. The number of ether oxygens (including phenoxy) is 1. The molecule has 66 valence electrons. The van der Waals surface area contributed by atoms with Crippen LogP contribution in [0.15, 0.2) is 4.60 Å². The van der Waals surface area contributed by atoms with Crippen LogP contribution in [0.2, 0.25) is 0 Å². The second-order valence-corrected chi connectivity index (χ2v) is 2.85. The Balaban J connectivity index is 3.19. The zero-order valence-corrected chi connectivity index (χ0v) is 8.34. The summed E-state index contributed by atoms with van der Waals surface area (Å²) in [6, 6.07) is 0. The fourth-order valence-corrected chi connectivity index (χ4v) is 0.981. The zero-order chi connectivity index (χ0) is 9.14. The van der Waals surface area contributed by atoms with E-state index in [-0.39, 0.29) is 0 Å². The van der Waals surface area contributed by atoms with Gasteiger partial charge in [0.2, 0.25) is 5.82 Å². The molecule has 3 N–H and O–H groups in total. The summed E-state index contributed by atoms with van der Waals surface area (Å²) in [4.78, 5) is 8.14. The van der Waals surface area contributed by atoms with E-state index in [1.54, 1.807) is 0 Å². The topological polar surface area (TPSA) is 73.1 Å². The third-order valence-electron chi connectivity index (χ3n) is 1.31. The minimum atomic E-state index is 0.387. The molecule has 1 aromatic heterocycles. The van der Waals surface area contributed by atoms with Crippen molar-refractivity contribution in [2.24, 2.45) is 5.84 Å². The first-order chi connectivity index (χ1) is 5.69. The van der Waals surface area contributed by atoms with Crippen molar-refractivity contribution < 1.29 is 4.74 Å². The number of nitrogens with one attached hydrogen (secondary N) is 1. The van der Waals surface area contributed by atoms with Gasteiger partial charge in [0.25, 0.3) is 5.88 Å². The monoisotopic (exact) mass is 232 g/mol. The summed E-state index contributed by atoms with van der Waals surface area (Å²) in [5, 5.41) is 0. The molecule has 0 aliphatic rings. The van der Waals surface area contributed by atoms with Gasteiger partial charge in [-0.05, 0) is 22.9 Å². The second kappa shape index (κ2) is 3.68. The highest BCUT2D eigenvalue weighted by molar-refractivity contribution is 9.10. The predicted octanol–water partition coefficient (Wildman–Crippen LogP) is 0.842. The van der Waals surface area contributed by atoms with Gasteiger partial charge in [-0.3, -0.25) is 0 Å². The molecule has 0 fully saturated rings. The standard InChI is InChI=1S/C6H9BrN4O/c1-3-4(7)10-5(11-8)6(9-3)12-2/h8H2,1-2H3,(H,10,11). The van der Waals surface area contributed by atoms with Gasteiger partial charge in [0.05, 0.1) is 12.8 Å². The number of halogens is 1. The SMILES string of the molecule is COc1nc(C)c(Br)nc1NN. The summed E-state index contributed by atoms with van der Waals surface area (Å²) in [6.07, 6.45) is 0. The molecule has 0 aromatic carbocycles. The van der Waals surface area contributed by atoms with Crippen LogP contribution < -0.4 is 16.0 Å². The maximum atomic E-state index is 5.19. The van der Waals surface area contributed by atoms with E-state index in [0.29, 0.717) is 16.3 Å². The first-order valence-electron chi connectivity index (χ1n) is 3.23. The Hall–Kier alpha value is -0.880. The fourth-order valence-electron chi connectivity index (χ4n) is 0.715. The van der Waals surface area contributed by atoms with Crippen LogP contribution in [0.3, 0.4) is 0 Å². The Morgan fingerprint density at radius 1 is 1.50 bits per heavy atom. The average Bonchev–Trinajstić information content (AvgIpc) is 2.09. The molecule has 1 rings (SSSR count).